The average Bonchev–Trinajstić information content (AvgIpc) is 2.88. The summed E-state index contributed by atoms with van der Waals surface area (Å²) in [5.41, 5.74) is 7.42. The summed E-state index contributed by atoms with van der Waals surface area (Å²) in [7, 11) is 0. The van der Waals surface area contributed by atoms with Gasteiger partial charge in [0.2, 0.25) is 0 Å². The second-order valence-corrected chi connectivity index (χ2v) is 4.34. The van der Waals surface area contributed by atoms with Gasteiger partial charge in [-0.1, -0.05) is 12.1 Å². The van der Waals surface area contributed by atoms with E-state index in [0.717, 1.165) is 5.56 Å². The topological polar surface area (TPSA) is 88.1 Å². The van der Waals surface area contributed by atoms with Crippen LogP contribution in [-0.2, 0) is 16.0 Å². The van der Waals surface area contributed by atoms with Crippen LogP contribution >= 0.6 is 0 Å². The van der Waals surface area contributed by atoms with Crippen LogP contribution in [0.15, 0.2) is 24.3 Å². The lowest BCUT2D eigenvalue weighted by atomic mass is 10.1. The minimum atomic E-state index is -0.0269. The Morgan fingerprint density at radius 2 is 2.21 bits per heavy atom. The molecule has 2 aromatic rings. The molecule has 2 N–H and O–H groups in total. The first-order valence-electron chi connectivity index (χ1n) is 6.15. The van der Waals surface area contributed by atoms with Crippen molar-refractivity contribution in [3.63, 3.8) is 0 Å². The van der Waals surface area contributed by atoms with Crippen molar-refractivity contribution < 1.29 is 9.47 Å². The van der Waals surface area contributed by atoms with Crippen LogP contribution < -0.4 is 5.73 Å². The first kappa shape index (κ1) is 12.1. The molecule has 0 radical (unpaired) electrons. The molecule has 3 rings (SSSR count). The molecule has 0 saturated carbocycles. The van der Waals surface area contributed by atoms with E-state index in [9.17, 15) is 0 Å². The Morgan fingerprint density at radius 3 is 3.00 bits per heavy atom. The van der Waals surface area contributed by atoms with E-state index < -0.39 is 0 Å². The van der Waals surface area contributed by atoms with Gasteiger partial charge in [-0.3, -0.25) is 0 Å². The minimum absolute atomic E-state index is 0.0269. The number of nitrogens with two attached hydrogens (primary N) is 1. The van der Waals surface area contributed by atoms with Gasteiger partial charge in [0, 0.05) is 11.3 Å². The zero-order valence-corrected chi connectivity index (χ0v) is 10.4. The molecule has 0 bridgehead atoms. The van der Waals surface area contributed by atoms with Gasteiger partial charge in [-0.25, -0.2) is 4.68 Å². The number of tetrazole rings is 1. The molecule has 1 fully saturated rings. The molecule has 100 valence electrons. The third kappa shape index (κ3) is 2.56. The summed E-state index contributed by atoms with van der Waals surface area (Å²) < 4.78 is 12.7. The number of nitrogen functional groups attached to an aromatic ring is 1. The van der Waals surface area contributed by atoms with Crippen molar-refractivity contribution in [1.29, 1.82) is 0 Å². The van der Waals surface area contributed by atoms with E-state index in [1.165, 1.54) is 0 Å². The van der Waals surface area contributed by atoms with Crippen LogP contribution in [0.5, 0.6) is 0 Å². The van der Waals surface area contributed by atoms with Crippen LogP contribution in [0.1, 0.15) is 0 Å². The summed E-state index contributed by atoms with van der Waals surface area (Å²) in [5.74, 6) is 0.646. The number of nitrogens with zero attached hydrogens (tertiary/aromatic N) is 4. The second kappa shape index (κ2) is 5.33. The fraction of sp³-hybridized carbons (Fsp3) is 0.417. The Bertz CT molecular complexity index is 551. The molecular formula is C12H15N5O2. The van der Waals surface area contributed by atoms with E-state index in [1.807, 2.05) is 24.3 Å². The summed E-state index contributed by atoms with van der Waals surface area (Å²) in [4.78, 5) is 0. The first-order valence-corrected chi connectivity index (χ1v) is 6.15. The van der Waals surface area contributed by atoms with E-state index >= 15 is 0 Å². The van der Waals surface area contributed by atoms with Gasteiger partial charge < -0.3 is 15.2 Å². The molecule has 0 aliphatic carbocycles. The van der Waals surface area contributed by atoms with Crippen molar-refractivity contribution in [3.05, 3.63) is 24.3 Å². The normalized spacial score (nSPS) is 19.5. The van der Waals surface area contributed by atoms with Gasteiger partial charge in [0.1, 0.15) is 6.10 Å². The minimum Gasteiger partial charge on any atom is -0.398 e. The highest BCUT2D eigenvalue weighted by Crippen LogP contribution is 2.23. The molecule has 1 saturated heterocycles. The molecule has 19 heavy (non-hydrogen) atoms. The number of ether oxygens (including phenoxy) is 2. The van der Waals surface area contributed by atoms with Crippen LogP contribution in [0.2, 0.25) is 0 Å². The third-order valence-electron chi connectivity index (χ3n) is 3.00. The lowest BCUT2D eigenvalue weighted by molar-refractivity contribution is -0.0946. The Labute approximate surface area is 110 Å². The number of rotatable bonds is 3. The Balaban J connectivity index is 1.84. The Hall–Kier alpha value is -1.99. The van der Waals surface area contributed by atoms with Crippen molar-refractivity contribution >= 4 is 5.69 Å². The summed E-state index contributed by atoms with van der Waals surface area (Å²) in [6.45, 7) is 2.36. The van der Waals surface area contributed by atoms with E-state index in [0.29, 0.717) is 37.9 Å². The molecule has 0 amide bonds. The lowest BCUT2D eigenvalue weighted by Gasteiger charge is -2.22. The van der Waals surface area contributed by atoms with Crippen LogP contribution in [-0.4, -0.2) is 46.1 Å². The van der Waals surface area contributed by atoms with Crippen molar-refractivity contribution in [3.8, 4) is 11.4 Å². The SMILES string of the molecule is Nc1ccccc1-c1nnnn1CC1COCCO1. The number of hydrogen-bond donors (Lipinski definition) is 1. The molecular weight excluding hydrogens is 246 g/mol. The molecule has 1 aliphatic heterocycles. The van der Waals surface area contributed by atoms with Crippen molar-refractivity contribution in [2.75, 3.05) is 25.6 Å². The molecule has 1 aromatic carbocycles. The Kier molecular flexibility index (Phi) is 3.39. The standard InChI is InChI=1S/C12H15N5O2/c13-11-4-2-1-3-10(11)12-14-15-16-17(12)7-9-8-18-5-6-19-9/h1-4,9H,5-8,13H2. The predicted octanol–water partition coefficient (Wildman–Crippen LogP) is 0.338. The summed E-state index contributed by atoms with van der Waals surface area (Å²) in [6, 6.07) is 7.51. The number of para-hydroxylation sites is 1. The molecule has 1 atom stereocenters. The highest BCUT2D eigenvalue weighted by Gasteiger charge is 2.19. The first-order chi connectivity index (χ1) is 9.34. The monoisotopic (exact) mass is 261 g/mol. The van der Waals surface area contributed by atoms with Crippen molar-refractivity contribution in [1.82, 2.24) is 20.2 Å². The molecule has 7 nitrogen and oxygen atoms in total. The largest absolute Gasteiger partial charge is 0.398 e. The smallest absolute Gasteiger partial charge is 0.184 e. The maximum absolute atomic E-state index is 5.95. The average molecular weight is 261 g/mol. The molecule has 0 spiro atoms. The maximum atomic E-state index is 5.95. The number of aromatic nitrogens is 4. The highest BCUT2D eigenvalue weighted by molar-refractivity contribution is 5.70. The van der Waals surface area contributed by atoms with Gasteiger partial charge in [-0.2, -0.15) is 0 Å². The van der Waals surface area contributed by atoms with E-state index in [1.54, 1.807) is 4.68 Å². The van der Waals surface area contributed by atoms with Crippen LogP contribution in [0.3, 0.4) is 0 Å². The molecule has 7 heteroatoms. The number of hydrogen-bond acceptors (Lipinski definition) is 6. The van der Waals surface area contributed by atoms with E-state index in [2.05, 4.69) is 15.5 Å². The van der Waals surface area contributed by atoms with Gasteiger partial charge in [0.25, 0.3) is 0 Å². The zero-order chi connectivity index (χ0) is 13.1. The van der Waals surface area contributed by atoms with Gasteiger partial charge >= 0.3 is 0 Å². The van der Waals surface area contributed by atoms with Crippen LogP contribution in [0.25, 0.3) is 11.4 Å². The van der Waals surface area contributed by atoms with Gasteiger partial charge in [0.15, 0.2) is 5.82 Å². The summed E-state index contributed by atoms with van der Waals surface area (Å²) in [6.07, 6.45) is -0.0269. The van der Waals surface area contributed by atoms with Gasteiger partial charge in [0.05, 0.1) is 26.4 Å². The van der Waals surface area contributed by atoms with Crippen molar-refractivity contribution in [2.24, 2.45) is 0 Å². The fourth-order valence-electron chi connectivity index (χ4n) is 2.06. The fourth-order valence-corrected chi connectivity index (χ4v) is 2.06. The molecule has 1 unspecified atom stereocenters. The van der Waals surface area contributed by atoms with E-state index in [4.69, 9.17) is 15.2 Å². The van der Waals surface area contributed by atoms with E-state index in [-0.39, 0.29) is 6.10 Å². The predicted molar refractivity (Wildman–Crippen MR) is 68.2 cm³/mol. The third-order valence-corrected chi connectivity index (χ3v) is 3.00. The molecule has 1 aromatic heterocycles. The molecule has 1 aliphatic rings. The van der Waals surface area contributed by atoms with Crippen LogP contribution in [0.4, 0.5) is 5.69 Å². The number of anilines is 1. The van der Waals surface area contributed by atoms with Gasteiger partial charge in [-0.15, -0.1) is 5.10 Å². The quantitative estimate of drug-likeness (QED) is 0.801. The maximum Gasteiger partial charge on any atom is 0.184 e. The molecule has 2 heterocycles. The van der Waals surface area contributed by atoms with Gasteiger partial charge in [-0.05, 0) is 22.6 Å². The highest BCUT2D eigenvalue weighted by atomic mass is 16.6. The zero-order valence-electron chi connectivity index (χ0n) is 10.4. The van der Waals surface area contributed by atoms with Crippen molar-refractivity contribution in [2.45, 2.75) is 12.6 Å². The summed E-state index contributed by atoms with van der Waals surface area (Å²) in [5, 5.41) is 11.7. The second-order valence-electron chi connectivity index (χ2n) is 4.34. The number of benzene rings is 1. The lowest BCUT2D eigenvalue weighted by Crippen LogP contribution is -2.32. The summed E-state index contributed by atoms with van der Waals surface area (Å²) >= 11 is 0. The Morgan fingerprint density at radius 1 is 1.32 bits per heavy atom. The van der Waals surface area contributed by atoms with Crippen LogP contribution in [0, 0.1) is 0 Å².